The topological polar surface area (TPSA) is 25.2 Å². The highest BCUT2D eigenvalue weighted by Gasteiger charge is 2.01. The Morgan fingerprint density at radius 2 is 2.06 bits per heavy atom. The molecule has 0 unspecified atom stereocenters. The summed E-state index contributed by atoms with van der Waals surface area (Å²) in [6, 6.07) is 10.2. The normalized spacial score (nSPS) is 10.3. The number of rotatable bonds is 5. The molecule has 0 saturated carbocycles. The zero-order valence-corrected chi connectivity index (χ0v) is 10.3. The fraction of sp³-hybridized carbons (Fsp3) is 0.385. The number of hydrogen-bond acceptors (Lipinski definition) is 2. The first kappa shape index (κ1) is 13.1. The summed E-state index contributed by atoms with van der Waals surface area (Å²) in [7, 11) is 0. The highest BCUT2D eigenvalue weighted by Crippen LogP contribution is 2.18. The van der Waals surface area contributed by atoms with Gasteiger partial charge in [0.05, 0.1) is 6.54 Å². The summed E-state index contributed by atoms with van der Waals surface area (Å²) in [5.74, 6) is 1.02. The van der Waals surface area contributed by atoms with E-state index in [0.29, 0.717) is 0 Å². The molecule has 0 amide bonds. The van der Waals surface area contributed by atoms with Gasteiger partial charge in [-0.1, -0.05) is 31.5 Å². The Bertz CT molecular complexity index is 392. The molecule has 1 heterocycles. The van der Waals surface area contributed by atoms with Gasteiger partial charge in [-0.3, -0.25) is 0 Å². The Morgan fingerprint density at radius 1 is 1.25 bits per heavy atom. The van der Waals surface area contributed by atoms with E-state index in [9.17, 15) is 0 Å². The van der Waals surface area contributed by atoms with Crippen molar-refractivity contribution in [3.8, 4) is 0 Å². The molecule has 0 aliphatic heterocycles. The zero-order chi connectivity index (χ0) is 10.5. The number of unbranched alkanes of at least 4 members (excludes halogenated alkanes) is 1. The second-order valence-electron chi connectivity index (χ2n) is 3.78. The number of furan rings is 1. The van der Waals surface area contributed by atoms with E-state index in [1.165, 1.54) is 18.2 Å². The van der Waals surface area contributed by atoms with Gasteiger partial charge in [0.25, 0.3) is 0 Å². The molecular weight excluding hydrogens is 222 g/mol. The number of nitrogens with one attached hydrogen (secondary N) is 1. The lowest BCUT2D eigenvalue weighted by Crippen LogP contribution is -3.00. The maximum atomic E-state index is 5.69. The number of fused-ring (bicyclic) bond motifs is 1. The third-order valence-corrected chi connectivity index (χ3v) is 2.48. The van der Waals surface area contributed by atoms with Crippen LogP contribution < -0.4 is 17.7 Å². The third kappa shape index (κ3) is 3.26. The van der Waals surface area contributed by atoms with Crippen molar-refractivity contribution >= 4 is 11.0 Å². The number of benzene rings is 1. The lowest BCUT2D eigenvalue weighted by atomic mass is 10.2. The third-order valence-electron chi connectivity index (χ3n) is 2.48. The molecule has 1 N–H and O–H groups in total. The Balaban J connectivity index is 0.00000128. The van der Waals surface area contributed by atoms with Gasteiger partial charge in [0, 0.05) is 5.39 Å². The Labute approximate surface area is 102 Å². The molecule has 88 valence electrons. The van der Waals surface area contributed by atoms with Gasteiger partial charge in [0.15, 0.2) is 0 Å². The molecule has 16 heavy (non-hydrogen) atoms. The van der Waals surface area contributed by atoms with Gasteiger partial charge in [-0.2, -0.15) is 0 Å². The molecule has 0 saturated heterocycles. The summed E-state index contributed by atoms with van der Waals surface area (Å²) < 4.78 is 5.69. The van der Waals surface area contributed by atoms with Crippen molar-refractivity contribution in [1.82, 2.24) is 5.32 Å². The minimum atomic E-state index is 0. The van der Waals surface area contributed by atoms with Gasteiger partial charge in [-0.15, -0.1) is 0 Å². The smallest absolute Gasteiger partial charge is 0.134 e. The van der Waals surface area contributed by atoms with Crippen LogP contribution in [0.2, 0.25) is 0 Å². The van der Waals surface area contributed by atoms with Gasteiger partial charge in [0.1, 0.15) is 11.3 Å². The van der Waals surface area contributed by atoms with Crippen LogP contribution in [-0.4, -0.2) is 6.54 Å². The molecule has 1 aromatic carbocycles. The molecule has 0 fully saturated rings. The monoisotopic (exact) mass is 238 g/mol. The molecule has 0 radical (unpaired) electrons. The van der Waals surface area contributed by atoms with Crippen molar-refractivity contribution in [3.63, 3.8) is 0 Å². The van der Waals surface area contributed by atoms with Crippen LogP contribution in [0.4, 0.5) is 0 Å². The molecule has 2 rings (SSSR count). The van der Waals surface area contributed by atoms with Crippen LogP contribution in [-0.2, 0) is 6.54 Å². The first-order valence-electron chi connectivity index (χ1n) is 5.58. The molecule has 2 aromatic rings. The summed E-state index contributed by atoms with van der Waals surface area (Å²) in [4.78, 5) is 0. The lowest BCUT2D eigenvalue weighted by molar-refractivity contribution is -0.00000370. The van der Waals surface area contributed by atoms with Crippen LogP contribution in [0.3, 0.4) is 0 Å². The van der Waals surface area contributed by atoms with E-state index in [0.717, 1.165) is 24.4 Å². The molecule has 0 bridgehead atoms. The van der Waals surface area contributed by atoms with Gasteiger partial charge >= 0.3 is 0 Å². The van der Waals surface area contributed by atoms with Crippen molar-refractivity contribution in [3.05, 3.63) is 36.1 Å². The summed E-state index contributed by atoms with van der Waals surface area (Å²) in [6.07, 6.45) is 2.45. The molecule has 0 aliphatic rings. The van der Waals surface area contributed by atoms with E-state index in [2.05, 4.69) is 24.4 Å². The van der Waals surface area contributed by atoms with E-state index in [4.69, 9.17) is 4.42 Å². The van der Waals surface area contributed by atoms with Gasteiger partial charge < -0.3 is 22.1 Å². The molecule has 0 spiro atoms. The summed E-state index contributed by atoms with van der Waals surface area (Å²) in [6.45, 7) is 4.09. The molecule has 0 aliphatic carbocycles. The predicted octanol–water partition coefficient (Wildman–Crippen LogP) is 0.326. The predicted molar refractivity (Wildman–Crippen MR) is 62.8 cm³/mol. The Morgan fingerprint density at radius 3 is 2.81 bits per heavy atom. The second kappa shape index (κ2) is 6.56. The van der Waals surface area contributed by atoms with E-state index in [1.807, 2.05) is 18.2 Å². The average Bonchev–Trinajstić information content (AvgIpc) is 2.67. The molecule has 3 heteroatoms. The molecule has 1 aromatic heterocycles. The molecular formula is C13H17ClNO-. The van der Waals surface area contributed by atoms with Crippen LogP contribution in [0.5, 0.6) is 0 Å². The maximum absolute atomic E-state index is 5.69. The van der Waals surface area contributed by atoms with Crippen LogP contribution in [0.15, 0.2) is 34.7 Å². The van der Waals surface area contributed by atoms with Crippen molar-refractivity contribution < 1.29 is 16.8 Å². The summed E-state index contributed by atoms with van der Waals surface area (Å²) >= 11 is 0. The van der Waals surface area contributed by atoms with Crippen LogP contribution >= 0.6 is 0 Å². The number of para-hydroxylation sites is 1. The van der Waals surface area contributed by atoms with Crippen molar-refractivity contribution in [2.45, 2.75) is 26.3 Å². The van der Waals surface area contributed by atoms with Gasteiger partial charge in [-0.25, -0.2) is 0 Å². The van der Waals surface area contributed by atoms with Gasteiger partial charge in [0.2, 0.25) is 0 Å². The molecule has 2 nitrogen and oxygen atoms in total. The quantitative estimate of drug-likeness (QED) is 0.760. The average molecular weight is 239 g/mol. The number of hydrogen-bond donors (Lipinski definition) is 1. The fourth-order valence-electron chi connectivity index (χ4n) is 1.64. The highest BCUT2D eigenvalue weighted by atomic mass is 35.5. The largest absolute Gasteiger partial charge is 1.00 e. The Hall–Kier alpha value is -0.990. The van der Waals surface area contributed by atoms with Crippen LogP contribution in [0, 0.1) is 0 Å². The van der Waals surface area contributed by atoms with Crippen molar-refractivity contribution in [2.24, 2.45) is 0 Å². The first-order chi connectivity index (χ1) is 7.40. The van der Waals surface area contributed by atoms with E-state index >= 15 is 0 Å². The second-order valence-corrected chi connectivity index (χ2v) is 3.78. The van der Waals surface area contributed by atoms with Crippen molar-refractivity contribution in [2.75, 3.05) is 6.54 Å². The Kier molecular flexibility index (Phi) is 5.36. The summed E-state index contributed by atoms with van der Waals surface area (Å²) in [5.41, 5.74) is 0.977. The van der Waals surface area contributed by atoms with Crippen molar-refractivity contribution in [1.29, 1.82) is 0 Å². The fourth-order valence-corrected chi connectivity index (χ4v) is 1.64. The minimum Gasteiger partial charge on any atom is -1.00 e. The zero-order valence-electron chi connectivity index (χ0n) is 9.50. The van der Waals surface area contributed by atoms with E-state index in [1.54, 1.807) is 0 Å². The molecule has 0 atom stereocenters. The van der Waals surface area contributed by atoms with E-state index in [-0.39, 0.29) is 12.4 Å². The number of halogens is 1. The SMILES string of the molecule is CCCCNCc1cc2ccccc2o1.[Cl-]. The highest BCUT2D eigenvalue weighted by molar-refractivity contribution is 5.77. The maximum Gasteiger partial charge on any atom is 0.134 e. The van der Waals surface area contributed by atoms with Crippen LogP contribution in [0.1, 0.15) is 25.5 Å². The van der Waals surface area contributed by atoms with Crippen LogP contribution in [0.25, 0.3) is 11.0 Å². The first-order valence-corrected chi connectivity index (χ1v) is 5.58. The minimum absolute atomic E-state index is 0. The lowest BCUT2D eigenvalue weighted by Gasteiger charge is -1.99. The standard InChI is InChI=1S/C13H17NO.ClH/c1-2-3-8-14-10-12-9-11-6-4-5-7-13(11)15-12;/h4-7,9,14H,2-3,8,10H2,1H3;1H/p-1. The van der Waals surface area contributed by atoms with E-state index < -0.39 is 0 Å². The van der Waals surface area contributed by atoms with Gasteiger partial charge in [-0.05, 0) is 25.1 Å². The summed E-state index contributed by atoms with van der Waals surface area (Å²) in [5, 5.41) is 4.55.